The number of nitrogens with zero attached hydrogens (tertiary/aromatic N) is 2. The zero-order valence-corrected chi connectivity index (χ0v) is 12.5. The quantitative estimate of drug-likeness (QED) is 0.780. The summed E-state index contributed by atoms with van der Waals surface area (Å²) < 4.78 is 62.6. The van der Waals surface area contributed by atoms with E-state index in [0.29, 0.717) is 0 Å². The summed E-state index contributed by atoms with van der Waals surface area (Å²) >= 11 is 0. The number of hydrogen-bond acceptors (Lipinski definition) is 4. The molecule has 0 spiro atoms. The van der Waals surface area contributed by atoms with Crippen LogP contribution in [0.2, 0.25) is 0 Å². The predicted octanol–water partition coefficient (Wildman–Crippen LogP) is 1.91. The van der Waals surface area contributed by atoms with Gasteiger partial charge in [-0.25, -0.2) is 8.42 Å². The standard InChI is InChI=1S/C14H11F3N2O3S/c15-14(16,17)10-3-1-2-9-11(6-18)19(13(20)12(9)10)8-4-5-23(21,22)7-8/h1-3,8,11H,4-5,7H2. The average molecular weight is 344 g/mol. The Bertz CT molecular complexity index is 827. The number of carbonyl (C=O) groups is 1. The highest BCUT2D eigenvalue weighted by atomic mass is 32.2. The first-order chi connectivity index (χ1) is 10.7. The minimum absolute atomic E-state index is 0.0170. The van der Waals surface area contributed by atoms with E-state index in [1.165, 1.54) is 6.07 Å². The SMILES string of the molecule is N#CC1c2cccc(C(F)(F)F)c2C(=O)N1C1CCS(=O)(=O)C1. The van der Waals surface area contributed by atoms with E-state index in [1.54, 1.807) is 0 Å². The summed E-state index contributed by atoms with van der Waals surface area (Å²) in [6, 6.07) is 3.10. The topological polar surface area (TPSA) is 78.2 Å². The maximum atomic E-state index is 13.1. The Balaban J connectivity index is 2.10. The number of fused-ring (bicyclic) bond motifs is 1. The molecule has 0 aromatic heterocycles. The van der Waals surface area contributed by atoms with Gasteiger partial charge in [0.1, 0.15) is 6.04 Å². The van der Waals surface area contributed by atoms with Crippen LogP contribution >= 0.6 is 0 Å². The fourth-order valence-electron chi connectivity index (χ4n) is 3.17. The van der Waals surface area contributed by atoms with Crippen LogP contribution in [0.4, 0.5) is 13.2 Å². The van der Waals surface area contributed by atoms with Crippen molar-refractivity contribution in [3.63, 3.8) is 0 Å². The molecule has 1 amide bonds. The normalized spacial score (nSPS) is 26.2. The molecule has 2 atom stereocenters. The molecule has 9 heteroatoms. The van der Waals surface area contributed by atoms with Crippen molar-refractivity contribution in [1.82, 2.24) is 4.90 Å². The van der Waals surface area contributed by atoms with Gasteiger partial charge in [0.15, 0.2) is 9.84 Å². The van der Waals surface area contributed by atoms with Crippen molar-refractivity contribution >= 4 is 15.7 Å². The van der Waals surface area contributed by atoms with E-state index < -0.39 is 45.1 Å². The van der Waals surface area contributed by atoms with Crippen LogP contribution in [-0.4, -0.2) is 36.8 Å². The molecule has 2 unspecified atom stereocenters. The molecule has 1 aromatic rings. The smallest absolute Gasteiger partial charge is 0.314 e. The van der Waals surface area contributed by atoms with Gasteiger partial charge in [-0.1, -0.05) is 12.1 Å². The Labute approximate surface area is 130 Å². The number of sulfone groups is 1. The Morgan fingerprint density at radius 1 is 1.30 bits per heavy atom. The summed E-state index contributed by atoms with van der Waals surface area (Å²) in [6.07, 6.45) is -4.60. The Morgan fingerprint density at radius 3 is 2.52 bits per heavy atom. The van der Waals surface area contributed by atoms with E-state index in [2.05, 4.69) is 0 Å². The van der Waals surface area contributed by atoms with E-state index in [4.69, 9.17) is 0 Å². The second-order valence-electron chi connectivity index (χ2n) is 5.57. The summed E-state index contributed by atoms with van der Waals surface area (Å²) in [5.74, 6) is -1.39. The van der Waals surface area contributed by atoms with E-state index in [0.717, 1.165) is 17.0 Å². The van der Waals surface area contributed by atoms with Crippen molar-refractivity contribution in [2.75, 3.05) is 11.5 Å². The average Bonchev–Trinajstić information content (AvgIpc) is 2.95. The number of halogens is 3. The lowest BCUT2D eigenvalue weighted by Gasteiger charge is -2.26. The zero-order valence-electron chi connectivity index (χ0n) is 11.7. The van der Waals surface area contributed by atoms with Crippen molar-refractivity contribution in [2.24, 2.45) is 0 Å². The highest BCUT2D eigenvalue weighted by Gasteiger charge is 2.48. The molecule has 2 aliphatic heterocycles. The van der Waals surface area contributed by atoms with Crippen molar-refractivity contribution in [1.29, 1.82) is 5.26 Å². The van der Waals surface area contributed by atoms with Gasteiger partial charge in [0, 0.05) is 11.6 Å². The molecule has 0 N–H and O–H groups in total. The number of hydrogen-bond donors (Lipinski definition) is 0. The van der Waals surface area contributed by atoms with Crippen LogP contribution < -0.4 is 0 Å². The van der Waals surface area contributed by atoms with Crippen molar-refractivity contribution in [3.05, 3.63) is 34.9 Å². The third kappa shape index (κ3) is 2.47. The second kappa shape index (κ2) is 4.96. The van der Waals surface area contributed by atoms with Gasteiger partial charge < -0.3 is 4.90 Å². The molecule has 0 bridgehead atoms. The fraction of sp³-hybridized carbons (Fsp3) is 0.429. The molecular weight excluding hydrogens is 333 g/mol. The zero-order chi connectivity index (χ0) is 17.0. The first kappa shape index (κ1) is 15.8. The van der Waals surface area contributed by atoms with Crippen molar-refractivity contribution in [3.8, 4) is 6.07 Å². The maximum Gasteiger partial charge on any atom is 0.417 e. The molecule has 0 saturated carbocycles. The molecule has 1 saturated heterocycles. The third-order valence-electron chi connectivity index (χ3n) is 4.15. The van der Waals surface area contributed by atoms with Gasteiger partial charge in [-0.05, 0) is 12.5 Å². The highest BCUT2D eigenvalue weighted by molar-refractivity contribution is 7.91. The number of alkyl halides is 3. The summed E-state index contributed by atoms with van der Waals surface area (Å²) in [5, 5.41) is 9.31. The molecule has 23 heavy (non-hydrogen) atoms. The van der Waals surface area contributed by atoms with Crippen LogP contribution in [0, 0.1) is 11.3 Å². The molecule has 0 aliphatic carbocycles. The van der Waals surface area contributed by atoms with Gasteiger partial charge in [0.05, 0.1) is 28.7 Å². The fourth-order valence-corrected chi connectivity index (χ4v) is 4.88. The molecule has 5 nitrogen and oxygen atoms in total. The summed E-state index contributed by atoms with van der Waals surface area (Å²) in [5.41, 5.74) is -1.66. The molecule has 2 heterocycles. The molecular formula is C14H11F3N2O3S. The lowest BCUT2D eigenvalue weighted by atomic mass is 9.99. The van der Waals surface area contributed by atoms with Gasteiger partial charge in [0.25, 0.3) is 5.91 Å². The molecule has 1 fully saturated rings. The maximum absolute atomic E-state index is 13.1. The van der Waals surface area contributed by atoms with Gasteiger partial charge in [0.2, 0.25) is 0 Å². The van der Waals surface area contributed by atoms with E-state index in [1.807, 2.05) is 6.07 Å². The number of rotatable bonds is 1. The van der Waals surface area contributed by atoms with Crippen LogP contribution in [0.15, 0.2) is 18.2 Å². The predicted molar refractivity (Wildman–Crippen MR) is 73.0 cm³/mol. The molecule has 1 aromatic carbocycles. The minimum Gasteiger partial charge on any atom is -0.314 e. The third-order valence-corrected chi connectivity index (χ3v) is 5.90. The second-order valence-corrected chi connectivity index (χ2v) is 7.80. The first-order valence-electron chi connectivity index (χ1n) is 6.78. The Kier molecular flexibility index (Phi) is 3.41. The molecule has 122 valence electrons. The number of nitriles is 1. The number of benzene rings is 1. The van der Waals surface area contributed by atoms with Gasteiger partial charge in [-0.15, -0.1) is 0 Å². The van der Waals surface area contributed by atoms with Crippen molar-refractivity contribution < 1.29 is 26.4 Å². The Hall–Kier alpha value is -2.08. The highest BCUT2D eigenvalue weighted by Crippen LogP contribution is 2.43. The van der Waals surface area contributed by atoms with Crippen LogP contribution in [-0.2, 0) is 16.0 Å². The van der Waals surface area contributed by atoms with E-state index >= 15 is 0 Å². The molecule has 2 aliphatic rings. The number of carbonyl (C=O) groups excluding carboxylic acids is 1. The summed E-state index contributed by atoms with van der Waals surface area (Å²) in [7, 11) is -3.34. The van der Waals surface area contributed by atoms with E-state index in [-0.39, 0.29) is 23.5 Å². The molecule has 3 rings (SSSR count). The monoisotopic (exact) mass is 344 g/mol. The first-order valence-corrected chi connectivity index (χ1v) is 8.60. The summed E-state index contributed by atoms with van der Waals surface area (Å²) in [6.45, 7) is 0. The lowest BCUT2D eigenvalue weighted by molar-refractivity contribution is -0.137. The largest absolute Gasteiger partial charge is 0.417 e. The summed E-state index contributed by atoms with van der Waals surface area (Å²) in [4.78, 5) is 13.5. The van der Waals surface area contributed by atoms with Crippen molar-refractivity contribution in [2.45, 2.75) is 24.7 Å². The van der Waals surface area contributed by atoms with Gasteiger partial charge in [-0.2, -0.15) is 18.4 Å². The minimum atomic E-state index is -4.72. The van der Waals surface area contributed by atoms with Crippen LogP contribution in [0.1, 0.15) is 33.9 Å². The lowest BCUT2D eigenvalue weighted by Crippen LogP contribution is -2.39. The molecule has 0 radical (unpaired) electrons. The van der Waals surface area contributed by atoms with Crippen LogP contribution in [0.3, 0.4) is 0 Å². The Morgan fingerprint density at radius 2 is 2.00 bits per heavy atom. The van der Waals surface area contributed by atoms with E-state index in [9.17, 15) is 31.6 Å². The van der Waals surface area contributed by atoms with Gasteiger partial charge in [-0.3, -0.25) is 4.79 Å². The van der Waals surface area contributed by atoms with Crippen LogP contribution in [0.5, 0.6) is 0 Å². The van der Waals surface area contributed by atoms with Gasteiger partial charge >= 0.3 is 6.18 Å². The van der Waals surface area contributed by atoms with Crippen LogP contribution in [0.25, 0.3) is 0 Å². The number of amides is 1.